The summed E-state index contributed by atoms with van der Waals surface area (Å²) in [4.78, 5) is 20.4. The Kier molecular flexibility index (Phi) is 5.73. The predicted octanol–water partition coefficient (Wildman–Crippen LogP) is 1.82. The molecule has 4 N–H and O–H groups in total. The molecule has 0 bridgehead atoms. The van der Waals surface area contributed by atoms with Crippen LogP contribution in [-0.2, 0) is 23.0 Å². The van der Waals surface area contributed by atoms with Crippen LogP contribution in [0.3, 0.4) is 0 Å². The third kappa shape index (κ3) is 4.17. The van der Waals surface area contributed by atoms with E-state index in [0.29, 0.717) is 29.7 Å². The molecule has 4 heterocycles. The van der Waals surface area contributed by atoms with E-state index in [2.05, 4.69) is 17.2 Å². The highest BCUT2D eigenvalue weighted by molar-refractivity contribution is 7.91. The van der Waals surface area contributed by atoms with Gasteiger partial charge in [0.25, 0.3) is 15.9 Å². The zero-order valence-corrected chi connectivity index (χ0v) is 20.4. The van der Waals surface area contributed by atoms with E-state index in [9.17, 15) is 13.2 Å². The number of piperazine rings is 1. The standard InChI is InChI=1S/C21H24N6O3S3/c1-12-8-15-17(11-24-12)32-20(25-15)21(28)26-4-6-27(7-5-26)33(29,30)18-10-13-2-3-14(19(22)23)9-16(13)31-18/h2-3,9-10,12,24H,4-8,11H2,1H3,(H3,22,23). The molecule has 0 spiro atoms. The molecular formula is C21H24N6O3S3. The van der Waals surface area contributed by atoms with Gasteiger partial charge >= 0.3 is 0 Å². The van der Waals surface area contributed by atoms with Gasteiger partial charge < -0.3 is 16.0 Å². The van der Waals surface area contributed by atoms with Crippen LogP contribution < -0.4 is 11.1 Å². The van der Waals surface area contributed by atoms with Gasteiger partial charge in [-0.2, -0.15) is 4.31 Å². The molecule has 3 aromatic rings. The molecule has 2 aliphatic heterocycles. The average Bonchev–Trinajstić information content (AvgIpc) is 3.42. The number of benzene rings is 1. The van der Waals surface area contributed by atoms with Gasteiger partial charge in [0, 0.05) is 60.3 Å². The predicted molar refractivity (Wildman–Crippen MR) is 130 cm³/mol. The summed E-state index contributed by atoms with van der Waals surface area (Å²) in [6, 6.07) is 7.24. The van der Waals surface area contributed by atoms with Crippen molar-refractivity contribution in [1.82, 2.24) is 19.5 Å². The van der Waals surface area contributed by atoms with Crippen LogP contribution in [0.2, 0.25) is 0 Å². The third-order valence-electron chi connectivity index (χ3n) is 6.00. The number of nitrogen functional groups attached to an aromatic ring is 1. The van der Waals surface area contributed by atoms with E-state index < -0.39 is 10.0 Å². The van der Waals surface area contributed by atoms with Crippen molar-refractivity contribution in [3.05, 3.63) is 45.4 Å². The maximum atomic E-state index is 13.2. The number of hydrogen-bond donors (Lipinski definition) is 3. The first-order valence-electron chi connectivity index (χ1n) is 10.6. The van der Waals surface area contributed by atoms with E-state index in [0.717, 1.165) is 33.6 Å². The first-order chi connectivity index (χ1) is 15.7. The molecule has 12 heteroatoms. The van der Waals surface area contributed by atoms with Crippen molar-refractivity contribution < 1.29 is 13.2 Å². The number of aromatic nitrogens is 1. The molecule has 9 nitrogen and oxygen atoms in total. The second-order valence-corrected chi connectivity index (χ2v) is 12.6. The van der Waals surface area contributed by atoms with Gasteiger partial charge in [-0.3, -0.25) is 10.2 Å². The lowest BCUT2D eigenvalue weighted by molar-refractivity contribution is 0.0697. The van der Waals surface area contributed by atoms with Crippen LogP contribution in [0.4, 0.5) is 0 Å². The highest BCUT2D eigenvalue weighted by Crippen LogP contribution is 2.32. The number of rotatable bonds is 4. The van der Waals surface area contributed by atoms with E-state index in [1.807, 2.05) is 0 Å². The number of nitrogens with two attached hydrogens (primary N) is 1. The lowest BCUT2D eigenvalue weighted by Crippen LogP contribution is -2.50. The summed E-state index contributed by atoms with van der Waals surface area (Å²) >= 11 is 2.60. The molecule has 1 saturated heterocycles. The molecule has 0 radical (unpaired) electrons. The molecule has 174 valence electrons. The Hall–Kier alpha value is -2.38. The molecule has 2 aromatic heterocycles. The zero-order valence-electron chi connectivity index (χ0n) is 18.0. The minimum Gasteiger partial charge on any atom is -0.384 e. The van der Waals surface area contributed by atoms with E-state index in [1.165, 1.54) is 27.0 Å². The average molecular weight is 505 g/mol. The number of carbonyl (C=O) groups excluding carboxylic acids is 1. The van der Waals surface area contributed by atoms with Gasteiger partial charge in [0.15, 0.2) is 5.01 Å². The number of thiazole rings is 1. The van der Waals surface area contributed by atoms with Crippen molar-refractivity contribution in [3.8, 4) is 0 Å². The van der Waals surface area contributed by atoms with Gasteiger partial charge in [-0.25, -0.2) is 13.4 Å². The summed E-state index contributed by atoms with van der Waals surface area (Å²) in [5.74, 6) is -0.180. The fraction of sp³-hybridized carbons (Fsp3) is 0.381. The number of thiophene rings is 1. The first kappa shape index (κ1) is 22.4. The Balaban J connectivity index is 1.29. The monoisotopic (exact) mass is 504 g/mol. The topological polar surface area (TPSA) is 132 Å². The number of nitrogens with one attached hydrogen (secondary N) is 2. The zero-order chi connectivity index (χ0) is 23.3. The Bertz CT molecular complexity index is 1350. The van der Waals surface area contributed by atoms with Crippen LogP contribution in [0, 0.1) is 5.41 Å². The Morgan fingerprint density at radius 2 is 1.97 bits per heavy atom. The van der Waals surface area contributed by atoms with E-state index in [4.69, 9.17) is 11.1 Å². The fourth-order valence-electron chi connectivity index (χ4n) is 4.10. The summed E-state index contributed by atoms with van der Waals surface area (Å²) in [5, 5.41) is 12.2. The van der Waals surface area contributed by atoms with Gasteiger partial charge in [-0.1, -0.05) is 12.1 Å². The number of nitrogens with zero attached hydrogens (tertiary/aromatic N) is 3. The Labute approximate surface area is 199 Å². The summed E-state index contributed by atoms with van der Waals surface area (Å²) < 4.78 is 28.9. The Morgan fingerprint density at radius 3 is 2.70 bits per heavy atom. The van der Waals surface area contributed by atoms with Crippen LogP contribution >= 0.6 is 22.7 Å². The second-order valence-electron chi connectivity index (χ2n) is 8.30. The van der Waals surface area contributed by atoms with Gasteiger partial charge in [0.2, 0.25) is 0 Å². The van der Waals surface area contributed by atoms with E-state index in [-0.39, 0.29) is 29.0 Å². The summed E-state index contributed by atoms with van der Waals surface area (Å²) in [6.07, 6.45) is 0.814. The fourth-order valence-corrected chi connectivity index (χ4v) is 8.12. The SMILES string of the molecule is CC1Cc2nc(C(=O)N3CCN(S(=O)(=O)c4cc5ccc(C(=N)N)cc5s4)CC3)sc2CN1. The van der Waals surface area contributed by atoms with Crippen LogP contribution in [0.1, 0.15) is 32.9 Å². The number of fused-ring (bicyclic) bond motifs is 2. The Morgan fingerprint density at radius 1 is 1.21 bits per heavy atom. The van der Waals surface area contributed by atoms with Crippen molar-refractivity contribution in [2.24, 2.45) is 5.73 Å². The van der Waals surface area contributed by atoms with Gasteiger partial charge in [0.1, 0.15) is 10.0 Å². The molecule has 2 aliphatic rings. The second kappa shape index (κ2) is 8.44. The van der Waals surface area contributed by atoms with Crippen molar-refractivity contribution in [2.45, 2.75) is 30.1 Å². The minimum absolute atomic E-state index is 0.0534. The normalized spacial score (nSPS) is 19.5. The molecule has 33 heavy (non-hydrogen) atoms. The number of amidine groups is 1. The maximum Gasteiger partial charge on any atom is 0.282 e. The number of sulfonamides is 1. The highest BCUT2D eigenvalue weighted by atomic mass is 32.2. The van der Waals surface area contributed by atoms with Gasteiger partial charge in [-0.05, 0) is 24.4 Å². The van der Waals surface area contributed by atoms with E-state index in [1.54, 1.807) is 29.2 Å². The highest BCUT2D eigenvalue weighted by Gasteiger charge is 2.33. The lowest BCUT2D eigenvalue weighted by Gasteiger charge is -2.33. The van der Waals surface area contributed by atoms with Crippen LogP contribution in [0.25, 0.3) is 10.1 Å². The van der Waals surface area contributed by atoms with Crippen LogP contribution in [0.15, 0.2) is 28.5 Å². The van der Waals surface area contributed by atoms with Gasteiger partial charge in [-0.15, -0.1) is 22.7 Å². The summed E-state index contributed by atoms with van der Waals surface area (Å²) in [5.41, 5.74) is 7.11. The van der Waals surface area contributed by atoms with Crippen LogP contribution in [0.5, 0.6) is 0 Å². The number of amides is 1. The van der Waals surface area contributed by atoms with Crippen LogP contribution in [-0.4, -0.2) is 66.6 Å². The molecule has 1 atom stereocenters. The van der Waals surface area contributed by atoms with Crippen molar-refractivity contribution in [3.63, 3.8) is 0 Å². The lowest BCUT2D eigenvalue weighted by atomic mass is 10.1. The molecular weight excluding hydrogens is 480 g/mol. The molecule has 5 rings (SSSR count). The molecule has 1 aromatic carbocycles. The molecule has 1 unspecified atom stereocenters. The minimum atomic E-state index is -3.67. The number of carbonyl (C=O) groups is 1. The molecule has 1 amide bonds. The molecule has 0 aliphatic carbocycles. The van der Waals surface area contributed by atoms with Crippen molar-refractivity contribution in [2.75, 3.05) is 26.2 Å². The maximum absolute atomic E-state index is 13.2. The van der Waals surface area contributed by atoms with Gasteiger partial charge in [0.05, 0.1) is 5.69 Å². The largest absolute Gasteiger partial charge is 0.384 e. The van der Waals surface area contributed by atoms with Crippen molar-refractivity contribution >= 4 is 54.5 Å². The summed E-state index contributed by atoms with van der Waals surface area (Å²) in [7, 11) is -3.67. The molecule has 1 fully saturated rings. The third-order valence-corrected chi connectivity index (χ3v) is 10.5. The smallest absolute Gasteiger partial charge is 0.282 e. The van der Waals surface area contributed by atoms with Crippen molar-refractivity contribution in [1.29, 1.82) is 5.41 Å². The quantitative estimate of drug-likeness (QED) is 0.367. The first-order valence-corrected chi connectivity index (χ1v) is 13.7. The summed E-state index contributed by atoms with van der Waals surface area (Å²) in [6.45, 7) is 3.97. The number of hydrogen-bond acceptors (Lipinski definition) is 8. The van der Waals surface area contributed by atoms with E-state index >= 15 is 0 Å². The molecule has 0 saturated carbocycles.